The quantitative estimate of drug-likeness (QED) is 0.459. The number of fused-ring (bicyclic) bond motifs is 1. The second-order valence-corrected chi connectivity index (χ2v) is 9.45. The molecule has 0 saturated carbocycles. The Kier molecular flexibility index (Phi) is 6.05. The molecule has 0 unspecified atom stereocenters. The summed E-state index contributed by atoms with van der Waals surface area (Å²) in [6.45, 7) is 0.00403. The summed E-state index contributed by atoms with van der Waals surface area (Å²) in [4.78, 5) is 11.7. The van der Waals surface area contributed by atoms with Crippen molar-refractivity contribution in [3.8, 4) is 11.1 Å². The maximum Gasteiger partial charge on any atom is 0.274 e. The molecule has 4 rings (SSSR count). The van der Waals surface area contributed by atoms with Crippen molar-refractivity contribution in [3.05, 3.63) is 89.0 Å². The van der Waals surface area contributed by atoms with Crippen LogP contribution in [-0.4, -0.2) is 30.4 Å². The van der Waals surface area contributed by atoms with Crippen molar-refractivity contribution in [1.29, 1.82) is 0 Å². The Morgan fingerprint density at radius 2 is 1.75 bits per heavy atom. The number of hydrogen-bond acceptors (Lipinski definition) is 4. The number of hydroxylamine groups is 1. The number of nitrogens with one attached hydrogen (secondary N) is 1. The third-order valence-electron chi connectivity index (χ3n) is 5.49. The topological polar surface area (TPSA) is 86.7 Å². The Morgan fingerprint density at radius 3 is 2.47 bits per heavy atom. The standard InChI is InChI=1S/C23H20F2N2O4S/c24-19-8-6-15(7-9-19)16-3-1-5-20(12-16)32(30,31)27-10-2-4-17-11-18(23(28)26-29)13-22(25)21(17)14-27/h1,3,5-9,11-13,29H,2,4,10,14H2,(H,26,28). The molecule has 0 spiro atoms. The van der Waals surface area contributed by atoms with Gasteiger partial charge in [0.25, 0.3) is 5.91 Å². The Hall–Kier alpha value is -3.14. The maximum atomic E-state index is 14.8. The predicted molar refractivity (Wildman–Crippen MR) is 113 cm³/mol. The molecular formula is C23H20F2N2O4S. The van der Waals surface area contributed by atoms with Gasteiger partial charge in [0.1, 0.15) is 11.6 Å². The number of amides is 1. The highest BCUT2D eigenvalue weighted by Crippen LogP contribution is 2.29. The van der Waals surface area contributed by atoms with Gasteiger partial charge < -0.3 is 0 Å². The molecule has 0 fully saturated rings. The zero-order valence-corrected chi connectivity index (χ0v) is 17.7. The number of carbonyl (C=O) groups excluding carboxylic acids is 1. The van der Waals surface area contributed by atoms with Gasteiger partial charge in [0, 0.05) is 24.2 Å². The first-order valence-electron chi connectivity index (χ1n) is 9.91. The van der Waals surface area contributed by atoms with E-state index < -0.39 is 21.7 Å². The molecule has 0 radical (unpaired) electrons. The average molecular weight is 458 g/mol. The third kappa shape index (κ3) is 4.27. The van der Waals surface area contributed by atoms with Gasteiger partial charge in [0.2, 0.25) is 10.0 Å². The van der Waals surface area contributed by atoms with Gasteiger partial charge in [-0.2, -0.15) is 4.31 Å². The highest BCUT2D eigenvalue weighted by Gasteiger charge is 2.29. The van der Waals surface area contributed by atoms with E-state index in [-0.39, 0.29) is 34.9 Å². The Bertz CT molecular complexity index is 1280. The van der Waals surface area contributed by atoms with Crippen molar-refractivity contribution < 1.29 is 27.2 Å². The first-order valence-corrected chi connectivity index (χ1v) is 11.4. The normalized spacial score (nSPS) is 14.5. The zero-order chi connectivity index (χ0) is 22.9. The van der Waals surface area contributed by atoms with Crippen molar-refractivity contribution in [2.45, 2.75) is 24.3 Å². The summed E-state index contributed by atoms with van der Waals surface area (Å²) in [6.07, 6.45) is 0.827. The Balaban J connectivity index is 1.67. The van der Waals surface area contributed by atoms with Gasteiger partial charge in [-0.25, -0.2) is 22.7 Å². The average Bonchev–Trinajstić information content (AvgIpc) is 3.02. The minimum absolute atomic E-state index is 0.0351. The monoisotopic (exact) mass is 458 g/mol. The summed E-state index contributed by atoms with van der Waals surface area (Å²) in [7, 11) is -3.94. The maximum absolute atomic E-state index is 14.8. The fraction of sp³-hybridized carbons (Fsp3) is 0.174. The van der Waals surface area contributed by atoms with Gasteiger partial charge >= 0.3 is 0 Å². The van der Waals surface area contributed by atoms with E-state index in [1.807, 2.05) is 0 Å². The molecule has 1 aliphatic heterocycles. The van der Waals surface area contributed by atoms with E-state index in [1.165, 1.54) is 40.1 Å². The largest absolute Gasteiger partial charge is 0.288 e. The molecule has 2 N–H and O–H groups in total. The van der Waals surface area contributed by atoms with Crippen molar-refractivity contribution >= 4 is 15.9 Å². The van der Waals surface area contributed by atoms with Crippen molar-refractivity contribution in [2.24, 2.45) is 0 Å². The van der Waals surface area contributed by atoms with Crippen LogP contribution in [0.5, 0.6) is 0 Å². The molecule has 0 bridgehead atoms. The van der Waals surface area contributed by atoms with E-state index >= 15 is 0 Å². The van der Waals surface area contributed by atoms with E-state index in [0.29, 0.717) is 29.5 Å². The number of nitrogens with zero attached hydrogens (tertiary/aromatic N) is 1. The van der Waals surface area contributed by atoms with Gasteiger partial charge in [0.05, 0.1) is 4.90 Å². The molecule has 0 aliphatic carbocycles. The highest BCUT2D eigenvalue weighted by atomic mass is 32.2. The number of benzene rings is 3. The first-order chi connectivity index (χ1) is 15.3. The minimum Gasteiger partial charge on any atom is -0.288 e. The van der Waals surface area contributed by atoms with Gasteiger partial charge in [-0.1, -0.05) is 24.3 Å². The molecule has 32 heavy (non-hydrogen) atoms. The molecule has 0 atom stereocenters. The number of sulfonamides is 1. The van der Waals surface area contributed by atoms with Crippen molar-refractivity contribution in [1.82, 2.24) is 9.79 Å². The summed E-state index contributed by atoms with van der Waals surface area (Å²) in [5.74, 6) is -1.93. The molecule has 6 nitrogen and oxygen atoms in total. The lowest BCUT2D eigenvalue weighted by Gasteiger charge is -2.21. The molecular weight excluding hydrogens is 438 g/mol. The van der Waals surface area contributed by atoms with E-state index in [9.17, 15) is 22.0 Å². The van der Waals surface area contributed by atoms with Crippen LogP contribution in [0.4, 0.5) is 8.78 Å². The summed E-state index contributed by atoms with van der Waals surface area (Å²) in [5, 5.41) is 8.80. The van der Waals surface area contributed by atoms with Crippen LogP contribution >= 0.6 is 0 Å². The number of carbonyl (C=O) groups is 1. The number of aryl methyl sites for hydroxylation is 1. The zero-order valence-electron chi connectivity index (χ0n) is 16.9. The molecule has 1 amide bonds. The van der Waals surface area contributed by atoms with Gasteiger partial charge in [-0.15, -0.1) is 0 Å². The van der Waals surface area contributed by atoms with Gasteiger partial charge in [-0.3, -0.25) is 10.0 Å². The van der Waals surface area contributed by atoms with Crippen LogP contribution in [0.15, 0.2) is 65.6 Å². The van der Waals surface area contributed by atoms with E-state index in [0.717, 1.165) is 6.07 Å². The van der Waals surface area contributed by atoms with E-state index in [2.05, 4.69) is 0 Å². The molecule has 1 heterocycles. The van der Waals surface area contributed by atoms with Crippen molar-refractivity contribution in [3.63, 3.8) is 0 Å². The SMILES string of the molecule is O=C(NO)c1cc(F)c2c(c1)CCCN(S(=O)(=O)c1cccc(-c3ccc(F)cc3)c1)C2. The summed E-state index contributed by atoms with van der Waals surface area (Å²) in [5.41, 5.74) is 3.46. The molecule has 3 aromatic carbocycles. The van der Waals surface area contributed by atoms with Crippen LogP contribution in [-0.2, 0) is 23.0 Å². The van der Waals surface area contributed by atoms with Gasteiger partial charge in [0.15, 0.2) is 0 Å². The third-order valence-corrected chi connectivity index (χ3v) is 7.33. The summed E-state index contributed by atoms with van der Waals surface area (Å²) >= 11 is 0. The fourth-order valence-corrected chi connectivity index (χ4v) is 5.32. The highest BCUT2D eigenvalue weighted by molar-refractivity contribution is 7.89. The lowest BCUT2D eigenvalue weighted by molar-refractivity contribution is 0.0705. The predicted octanol–water partition coefficient (Wildman–Crippen LogP) is 3.89. The van der Waals surface area contributed by atoms with Crippen LogP contribution in [0.1, 0.15) is 27.9 Å². The van der Waals surface area contributed by atoms with Crippen LogP contribution < -0.4 is 5.48 Å². The molecule has 1 aliphatic rings. The Labute approximate surface area is 184 Å². The van der Waals surface area contributed by atoms with Crippen LogP contribution in [0.3, 0.4) is 0 Å². The summed E-state index contributed by atoms with van der Waals surface area (Å²) < 4.78 is 56.0. The molecule has 9 heteroatoms. The molecule has 0 saturated heterocycles. The van der Waals surface area contributed by atoms with Crippen LogP contribution in [0.2, 0.25) is 0 Å². The minimum atomic E-state index is -3.94. The van der Waals surface area contributed by atoms with Crippen LogP contribution in [0.25, 0.3) is 11.1 Å². The molecule has 3 aromatic rings. The lowest BCUT2D eigenvalue weighted by atomic mass is 10.00. The van der Waals surface area contributed by atoms with E-state index in [4.69, 9.17) is 5.21 Å². The summed E-state index contributed by atoms with van der Waals surface area (Å²) in [6, 6.07) is 14.5. The molecule has 0 aromatic heterocycles. The second kappa shape index (κ2) is 8.78. The van der Waals surface area contributed by atoms with Crippen molar-refractivity contribution in [2.75, 3.05) is 6.54 Å². The first kappa shape index (κ1) is 22.1. The smallest absolute Gasteiger partial charge is 0.274 e. The number of hydrogen-bond donors (Lipinski definition) is 2. The lowest BCUT2D eigenvalue weighted by Crippen LogP contribution is -2.31. The van der Waals surface area contributed by atoms with Crippen LogP contribution in [0, 0.1) is 11.6 Å². The number of halogens is 2. The fourth-order valence-electron chi connectivity index (χ4n) is 3.82. The number of rotatable bonds is 4. The van der Waals surface area contributed by atoms with Gasteiger partial charge in [-0.05, 0) is 65.9 Å². The Morgan fingerprint density at radius 1 is 1.00 bits per heavy atom. The van der Waals surface area contributed by atoms with E-state index in [1.54, 1.807) is 24.3 Å². The second-order valence-electron chi connectivity index (χ2n) is 7.51. The molecule has 166 valence electrons.